The second-order valence-electron chi connectivity index (χ2n) is 10.1. The fraction of sp³-hybridized carbons (Fsp3) is 0.400. The number of imide groups is 1. The summed E-state index contributed by atoms with van der Waals surface area (Å²) in [5.41, 5.74) is -3.79. The smallest absolute Gasteiger partial charge is 0.418 e. The molecule has 214 valence electrons. The molecule has 1 aliphatic heterocycles. The topological polar surface area (TPSA) is 100 Å². The van der Waals surface area contributed by atoms with E-state index in [1.165, 1.54) is 20.8 Å². The number of hydrogen-bond donors (Lipinski definition) is 0. The Labute approximate surface area is 229 Å². The summed E-state index contributed by atoms with van der Waals surface area (Å²) in [6, 6.07) is -0.791. The lowest BCUT2D eigenvalue weighted by Gasteiger charge is -2.27. The van der Waals surface area contributed by atoms with E-state index in [9.17, 15) is 41.1 Å². The Balaban J connectivity index is 1.83. The van der Waals surface area contributed by atoms with Gasteiger partial charge >= 0.3 is 18.3 Å². The van der Waals surface area contributed by atoms with Gasteiger partial charge in [0, 0.05) is 13.5 Å². The number of Topliss-reactive ketones (excluding diaryl/α,β-unsaturated/α-hetero) is 1. The SMILES string of the molecule is CN(C(=O)[C@@H]1CN(C(=O)OC(C)(C)C)C(=O)N1c1cc(C(F)(F)F)c2c(n1)CCC2=O)c1ccc(F)c(Cl)c1F. The summed E-state index contributed by atoms with van der Waals surface area (Å²) < 4.78 is 75.5. The number of nitrogens with zero attached hydrogens (tertiary/aromatic N) is 4. The summed E-state index contributed by atoms with van der Waals surface area (Å²) in [5.74, 6) is -4.89. The van der Waals surface area contributed by atoms with Gasteiger partial charge in [-0.2, -0.15) is 13.2 Å². The number of carbonyl (C=O) groups excluding carboxylic acids is 4. The zero-order chi connectivity index (χ0) is 29.9. The Kier molecular flexibility index (Phi) is 7.28. The highest BCUT2D eigenvalue weighted by molar-refractivity contribution is 6.31. The van der Waals surface area contributed by atoms with Crippen LogP contribution in [0, 0.1) is 11.6 Å². The molecule has 1 fully saturated rings. The van der Waals surface area contributed by atoms with Crippen molar-refractivity contribution >= 4 is 46.9 Å². The Morgan fingerprint density at radius 3 is 2.38 bits per heavy atom. The monoisotopic (exact) mass is 588 g/mol. The van der Waals surface area contributed by atoms with E-state index in [1.54, 1.807) is 0 Å². The maximum atomic E-state index is 14.7. The number of ketones is 1. The van der Waals surface area contributed by atoms with Crippen molar-refractivity contribution in [2.75, 3.05) is 23.4 Å². The third-order valence-electron chi connectivity index (χ3n) is 6.21. The average molecular weight is 589 g/mol. The van der Waals surface area contributed by atoms with Gasteiger partial charge in [-0.25, -0.2) is 28.3 Å². The Hall–Kier alpha value is -3.81. The summed E-state index contributed by atoms with van der Waals surface area (Å²) >= 11 is 5.63. The molecule has 2 heterocycles. The van der Waals surface area contributed by atoms with Gasteiger partial charge in [-0.1, -0.05) is 11.6 Å². The predicted molar refractivity (Wildman–Crippen MR) is 131 cm³/mol. The molecule has 1 aromatic carbocycles. The molecule has 1 atom stereocenters. The highest BCUT2D eigenvalue weighted by Gasteiger charge is 2.50. The van der Waals surface area contributed by atoms with Crippen LogP contribution in [0.15, 0.2) is 18.2 Å². The van der Waals surface area contributed by atoms with Crippen molar-refractivity contribution in [1.82, 2.24) is 9.88 Å². The number of likely N-dealkylation sites (N-methyl/N-ethyl adjacent to an activating group) is 1. The molecule has 1 saturated heterocycles. The molecule has 2 aromatic rings. The summed E-state index contributed by atoms with van der Waals surface area (Å²) in [6.07, 6.45) is -6.58. The number of aryl methyl sites for hydroxylation is 1. The first-order chi connectivity index (χ1) is 18.4. The van der Waals surface area contributed by atoms with E-state index in [-0.39, 0.29) is 18.5 Å². The lowest BCUT2D eigenvalue weighted by Crippen LogP contribution is -2.47. The number of amides is 4. The van der Waals surface area contributed by atoms with Crippen LogP contribution in [0.2, 0.25) is 5.02 Å². The van der Waals surface area contributed by atoms with Crippen LogP contribution in [0.3, 0.4) is 0 Å². The van der Waals surface area contributed by atoms with Crippen LogP contribution >= 0.6 is 11.6 Å². The van der Waals surface area contributed by atoms with Crippen molar-refractivity contribution in [1.29, 1.82) is 0 Å². The van der Waals surface area contributed by atoms with Crippen LogP contribution in [0.1, 0.15) is 48.8 Å². The van der Waals surface area contributed by atoms with Gasteiger partial charge in [0.2, 0.25) is 0 Å². The molecular weight excluding hydrogens is 567 g/mol. The minimum atomic E-state index is -5.01. The van der Waals surface area contributed by atoms with Crippen molar-refractivity contribution < 1.29 is 45.9 Å². The maximum Gasteiger partial charge on any atom is 0.418 e. The zero-order valence-electron chi connectivity index (χ0n) is 21.5. The molecule has 0 spiro atoms. The number of halogens is 6. The van der Waals surface area contributed by atoms with Gasteiger partial charge in [0.15, 0.2) is 11.6 Å². The number of alkyl halides is 3. The largest absolute Gasteiger partial charge is 0.443 e. The second kappa shape index (κ2) is 9.98. The standard InChI is InChI=1S/C25H22ClF5N4O5/c1-24(2,3)40-23(39)34-10-15(21(37)33(4)14-7-5-12(27)19(26)20(14)28)35(22(34)38)17-9-11(25(29,30)31)18-13(32-17)6-8-16(18)36/h5,7,9,15H,6,8,10H2,1-4H3/t15-/m0/s1. The van der Waals surface area contributed by atoms with Crippen molar-refractivity contribution in [2.24, 2.45) is 0 Å². The Morgan fingerprint density at radius 1 is 1.12 bits per heavy atom. The molecule has 1 aliphatic carbocycles. The first-order valence-corrected chi connectivity index (χ1v) is 12.2. The van der Waals surface area contributed by atoms with Crippen LogP contribution in [-0.2, 0) is 22.1 Å². The number of fused-ring (bicyclic) bond motifs is 1. The molecular formula is C25H22ClF5N4O5. The van der Waals surface area contributed by atoms with E-state index in [2.05, 4.69) is 4.98 Å². The molecule has 4 rings (SSSR count). The van der Waals surface area contributed by atoms with E-state index >= 15 is 0 Å². The Morgan fingerprint density at radius 2 is 1.77 bits per heavy atom. The van der Waals surface area contributed by atoms with Gasteiger partial charge < -0.3 is 9.64 Å². The molecule has 4 amide bonds. The number of ether oxygens (including phenoxy) is 1. The highest BCUT2D eigenvalue weighted by Crippen LogP contribution is 2.40. The minimum absolute atomic E-state index is 0.138. The normalized spacial score (nSPS) is 17.4. The predicted octanol–water partition coefficient (Wildman–Crippen LogP) is 5.37. The van der Waals surface area contributed by atoms with Crippen LogP contribution in [-0.4, -0.2) is 58.9 Å². The first kappa shape index (κ1) is 29.2. The van der Waals surface area contributed by atoms with E-state index in [1.807, 2.05) is 0 Å². The van der Waals surface area contributed by atoms with Crippen molar-refractivity contribution in [2.45, 2.75) is 51.4 Å². The average Bonchev–Trinajstić information content (AvgIpc) is 3.39. The van der Waals surface area contributed by atoms with Crippen LogP contribution < -0.4 is 9.80 Å². The molecule has 0 N–H and O–H groups in total. The number of benzene rings is 1. The third-order valence-corrected chi connectivity index (χ3v) is 6.56. The molecule has 15 heteroatoms. The quantitative estimate of drug-likeness (QED) is 0.353. The summed E-state index contributed by atoms with van der Waals surface area (Å²) in [5, 5.41) is -0.910. The number of hydrogen-bond acceptors (Lipinski definition) is 6. The van der Waals surface area contributed by atoms with Crippen molar-refractivity contribution in [3.8, 4) is 0 Å². The molecule has 0 bridgehead atoms. The van der Waals surface area contributed by atoms with Gasteiger partial charge in [-0.3, -0.25) is 14.5 Å². The Bertz CT molecular complexity index is 1440. The van der Waals surface area contributed by atoms with Gasteiger partial charge in [0.25, 0.3) is 5.91 Å². The summed E-state index contributed by atoms with van der Waals surface area (Å²) in [6.45, 7) is 3.83. The fourth-order valence-electron chi connectivity index (χ4n) is 4.41. The van der Waals surface area contributed by atoms with Crippen LogP contribution in [0.4, 0.5) is 43.0 Å². The molecule has 1 aromatic heterocycles. The van der Waals surface area contributed by atoms with E-state index < -0.39 is 87.5 Å². The highest BCUT2D eigenvalue weighted by atomic mass is 35.5. The number of aromatic nitrogens is 1. The lowest BCUT2D eigenvalue weighted by atomic mass is 10.1. The van der Waals surface area contributed by atoms with Gasteiger partial charge in [0.1, 0.15) is 28.3 Å². The van der Waals surface area contributed by atoms with Crippen molar-refractivity contribution in [3.05, 3.63) is 51.7 Å². The molecule has 0 radical (unpaired) electrons. The number of rotatable bonds is 3. The lowest BCUT2D eigenvalue weighted by molar-refractivity contribution is -0.138. The number of carbonyl (C=O) groups is 4. The first-order valence-electron chi connectivity index (χ1n) is 11.8. The van der Waals surface area contributed by atoms with Crippen LogP contribution in [0.25, 0.3) is 0 Å². The summed E-state index contributed by atoms with van der Waals surface area (Å²) in [4.78, 5) is 57.9. The van der Waals surface area contributed by atoms with Gasteiger partial charge in [-0.05, 0) is 45.4 Å². The van der Waals surface area contributed by atoms with Gasteiger partial charge in [-0.15, -0.1) is 0 Å². The maximum absolute atomic E-state index is 14.7. The molecule has 0 saturated carbocycles. The fourth-order valence-corrected chi connectivity index (χ4v) is 4.57. The van der Waals surface area contributed by atoms with Gasteiger partial charge in [0.05, 0.1) is 29.1 Å². The third kappa shape index (κ3) is 5.19. The van der Waals surface area contributed by atoms with E-state index in [0.29, 0.717) is 20.8 Å². The van der Waals surface area contributed by atoms with Crippen molar-refractivity contribution in [3.63, 3.8) is 0 Å². The van der Waals surface area contributed by atoms with E-state index in [0.717, 1.165) is 19.2 Å². The minimum Gasteiger partial charge on any atom is -0.443 e. The van der Waals surface area contributed by atoms with Crippen LogP contribution in [0.5, 0.6) is 0 Å². The molecule has 0 unspecified atom stereocenters. The summed E-state index contributed by atoms with van der Waals surface area (Å²) in [7, 11) is 1.07. The molecule has 9 nitrogen and oxygen atoms in total. The molecule has 2 aliphatic rings. The van der Waals surface area contributed by atoms with E-state index in [4.69, 9.17) is 16.3 Å². The number of pyridine rings is 1. The number of urea groups is 1. The number of anilines is 2. The second-order valence-corrected chi connectivity index (χ2v) is 10.5. The zero-order valence-corrected chi connectivity index (χ0v) is 22.3. The molecule has 40 heavy (non-hydrogen) atoms.